The Morgan fingerprint density at radius 1 is 1.19 bits per heavy atom. The topological polar surface area (TPSA) is 107 Å². The van der Waals surface area contributed by atoms with E-state index < -0.39 is 5.97 Å². The van der Waals surface area contributed by atoms with Gasteiger partial charge in [0.1, 0.15) is 18.0 Å². The maximum absolute atomic E-state index is 12.4. The van der Waals surface area contributed by atoms with E-state index in [9.17, 15) is 19.5 Å². The van der Waals surface area contributed by atoms with Crippen LogP contribution in [0.3, 0.4) is 0 Å². The van der Waals surface area contributed by atoms with E-state index in [-0.39, 0.29) is 36.8 Å². The number of ether oxygens (including phenoxy) is 1. The summed E-state index contributed by atoms with van der Waals surface area (Å²) in [5.41, 5.74) is 0. The van der Waals surface area contributed by atoms with Crippen LogP contribution in [0, 0.1) is 0 Å². The van der Waals surface area contributed by atoms with Gasteiger partial charge in [0.05, 0.1) is 0 Å². The highest BCUT2D eigenvalue weighted by Gasteiger charge is 2.27. The number of likely N-dealkylation sites (tertiary alicyclic amines) is 1. The lowest BCUT2D eigenvalue weighted by molar-refractivity contribution is -0.145. The zero-order valence-corrected chi connectivity index (χ0v) is 14.8. The first-order chi connectivity index (χ1) is 12.4. The number of phenols is 1. The first kappa shape index (κ1) is 19.6. The molecule has 26 heavy (non-hydrogen) atoms. The highest BCUT2D eigenvalue weighted by Crippen LogP contribution is 2.19. The molecule has 0 radical (unpaired) electrons. The second-order valence-electron chi connectivity index (χ2n) is 6.29. The molecule has 0 aliphatic carbocycles. The van der Waals surface area contributed by atoms with E-state index in [0.717, 1.165) is 0 Å². The van der Waals surface area contributed by atoms with Crippen molar-refractivity contribution in [2.24, 2.45) is 0 Å². The predicted molar refractivity (Wildman–Crippen MR) is 92.8 cm³/mol. The van der Waals surface area contributed by atoms with E-state index in [1.165, 1.54) is 24.0 Å². The molecular formula is C18H24N2O6. The average molecular weight is 364 g/mol. The minimum Gasteiger partial charge on any atom is -0.508 e. The van der Waals surface area contributed by atoms with Gasteiger partial charge >= 0.3 is 5.97 Å². The largest absolute Gasteiger partial charge is 0.508 e. The molecule has 0 aromatic heterocycles. The molecule has 142 valence electrons. The number of nitrogens with zero attached hydrogens (tertiary/aromatic N) is 2. The number of phenolic OH excluding ortho intramolecular Hbond substituents is 1. The van der Waals surface area contributed by atoms with Crippen molar-refractivity contribution < 1.29 is 29.3 Å². The summed E-state index contributed by atoms with van der Waals surface area (Å²) in [5.74, 6) is -0.856. The van der Waals surface area contributed by atoms with Crippen molar-refractivity contribution in [2.75, 3.05) is 26.2 Å². The molecule has 1 atom stereocenters. The number of carbonyl (C=O) groups excluding carboxylic acids is 2. The van der Waals surface area contributed by atoms with Gasteiger partial charge in [0.2, 0.25) is 5.91 Å². The van der Waals surface area contributed by atoms with Crippen LogP contribution in [0.1, 0.15) is 26.2 Å². The molecule has 2 rings (SSSR count). The van der Waals surface area contributed by atoms with E-state index in [0.29, 0.717) is 38.1 Å². The highest BCUT2D eigenvalue weighted by atomic mass is 16.5. The normalized spacial score (nSPS) is 17.3. The molecule has 1 aromatic rings. The van der Waals surface area contributed by atoms with Gasteiger partial charge in [0, 0.05) is 26.1 Å². The van der Waals surface area contributed by atoms with Crippen molar-refractivity contribution in [1.82, 2.24) is 9.80 Å². The summed E-state index contributed by atoms with van der Waals surface area (Å²) < 4.78 is 5.44. The van der Waals surface area contributed by atoms with Crippen LogP contribution in [-0.4, -0.2) is 70.1 Å². The monoisotopic (exact) mass is 364 g/mol. The number of hydrogen-bond donors (Lipinski definition) is 2. The van der Waals surface area contributed by atoms with Gasteiger partial charge < -0.3 is 24.7 Å². The van der Waals surface area contributed by atoms with Crippen molar-refractivity contribution >= 4 is 17.8 Å². The maximum atomic E-state index is 12.4. The molecule has 1 fully saturated rings. The minimum atomic E-state index is -1.04. The summed E-state index contributed by atoms with van der Waals surface area (Å²) in [6.07, 6.45) is 1.90. The van der Waals surface area contributed by atoms with Crippen molar-refractivity contribution in [3.8, 4) is 11.5 Å². The van der Waals surface area contributed by atoms with Gasteiger partial charge in [-0.1, -0.05) is 0 Å². The maximum Gasteiger partial charge on any atom is 0.323 e. The number of hydrogen-bond acceptors (Lipinski definition) is 5. The molecule has 1 aliphatic rings. The van der Waals surface area contributed by atoms with Crippen molar-refractivity contribution in [2.45, 2.75) is 32.2 Å². The molecule has 0 bridgehead atoms. The molecule has 1 saturated heterocycles. The number of aromatic hydroxyl groups is 1. The van der Waals surface area contributed by atoms with Gasteiger partial charge in [-0.3, -0.25) is 14.4 Å². The van der Waals surface area contributed by atoms with Crippen LogP contribution in [0.25, 0.3) is 0 Å². The van der Waals surface area contributed by atoms with Crippen molar-refractivity contribution in [3.05, 3.63) is 24.3 Å². The third-order valence-corrected chi connectivity index (χ3v) is 4.40. The first-order valence-electron chi connectivity index (χ1n) is 8.55. The molecule has 0 saturated carbocycles. The summed E-state index contributed by atoms with van der Waals surface area (Å²) in [7, 11) is 0. The third kappa shape index (κ3) is 5.65. The minimum absolute atomic E-state index is 0.110. The van der Waals surface area contributed by atoms with Crippen LogP contribution in [0.5, 0.6) is 11.5 Å². The molecule has 8 heteroatoms. The number of aliphatic carboxylic acids is 1. The highest BCUT2D eigenvalue weighted by molar-refractivity contribution is 5.80. The van der Waals surface area contributed by atoms with Gasteiger partial charge in [0.25, 0.3) is 5.91 Å². The summed E-state index contributed by atoms with van der Waals surface area (Å²) in [6, 6.07) is 5.94. The van der Waals surface area contributed by atoms with Gasteiger partial charge in [-0.25, -0.2) is 0 Å². The fourth-order valence-electron chi connectivity index (χ4n) is 3.06. The third-order valence-electron chi connectivity index (χ3n) is 4.40. The van der Waals surface area contributed by atoms with Crippen LogP contribution in [0.2, 0.25) is 0 Å². The van der Waals surface area contributed by atoms with Gasteiger partial charge in [-0.15, -0.1) is 0 Å². The lowest BCUT2D eigenvalue weighted by Gasteiger charge is -2.28. The number of rotatable bonds is 6. The van der Waals surface area contributed by atoms with Crippen LogP contribution in [0.15, 0.2) is 24.3 Å². The van der Waals surface area contributed by atoms with Gasteiger partial charge in [0.15, 0.2) is 6.61 Å². The van der Waals surface area contributed by atoms with Crippen molar-refractivity contribution in [1.29, 1.82) is 0 Å². The first-order valence-corrected chi connectivity index (χ1v) is 8.55. The van der Waals surface area contributed by atoms with E-state index in [1.54, 1.807) is 17.0 Å². The number of amides is 2. The predicted octanol–water partition coefficient (Wildman–Crippen LogP) is 1.09. The molecule has 8 nitrogen and oxygen atoms in total. The Labute approximate surface area is 152 Å². The zero-order chi connectivity index (χ0) is 19.1. The Kier molecular flexibility index (Phi) is 6.82. The molecule has 1 aromatic carbocycles. The lowest BCUT2D eigenvalue weighted by Crippen LogP contribution is -2.43. The number of benzene rings is 1. The zero-order valence-electron chi connectivity index (χ0n) is 14.8. The molecule has 1 aliphatic heterocycles. The summed E-state index contributed by atoms with van der Waals surface area (Å²) in [4.78, 5) is 38.1. The second-order valence-corrected chi connectivity index (χ2v) is 6.29. The standard InChI is InChI=1S/C18H24N2O6/c1-13(21)20(11-18(24)25)14-3-2-9-19(10-8-14)17(23)12-26-16-6-4-15(22)5-7-16/h4-7,14,22H,2-3,8-12H2,1H3,(H,24,25). The van der Waals surface area contributed by atoms with E-state index >= 15 is 0 Å². The summed E-state index contributed by atoms with van der Waals surface area (Å²) >= 11 is 0. The Hall–Kier alpha value is -2.77. The summed E-state index contributed by atoms with van der Waals surface area (Å²) in [5, 5.41) is 18.2. The van der Waals surface area contributed by atoms with E-state index in [4.69, 9.17) is 9.84 Å². The molecule has 2 N–H and O–H groups in total. The SMILES string of the molecule is CC(=O)N(CC(=O)O)C1CCCN(C(=O)COc2ccc(O)cc2)CC1. The fraction of sp³-hybridized carbons (Fsp3) is 0.500. The molecular weight excluding hydrogens is 340 g/mol. The van der Waals surface area contributed by atoms with Crippen LogP contribution < -0.4 is 4.74 Å². The molecule has 0 spiro atoms. The number of carboxylic acids is 1. The Morgan fingerprint density at radius 2 is 1.88 bits per heavy atom. The molecule has 1 heterocycles. The lowest BCUT2D eigenvalue weighted by atomic mass is 10.1. The Bertz CT molecular complexity index is 646. The summed E-state index contributed by atoms with van der Waals surface area (Å²) in [6.45, 7) is 1.93. The van der Waals surface area contributed by atoms with Gasteiger partial charge in [-0.05, 0) is 43.5 Å². The van der Waals surface area contributed by atoms with Crippen LogP contribution in [0.4, 0.5) is 0 Å². The van der Waals surface area contributed by atoms with Crippen LogP contribution in [-0.2, 0) is 14.4 Å². The van der Waals surface area contributed by atoms with E-state index in [2.05, 4.69) is 0 Å². The molecule has 2 amide bonds. The second kappa shape index (κ2) is 9.07. The number of carbonyl (C=O) groups is 3. The Balaban J connectivity index is 1.88. The van der Waals surface area contributed by atoms with Crippen molar-refractivity contribution in [3.63, 3.8) is 0 Å². The average Bonchev–Trinajstić information content (AvgIpc) is 2.84. The smallest absolute Gasteiger partial charge is 0.323 e. The Morgan fingerprint density at radius 3 is 2.50 bits per heavy atom. The van der Waals surface area contributed by atoms with Gasteiger partial charge in [-0.2, -0.15) is 0 Å². The molecule has 1 unspecified atom stereocenters. The number of carboxylic acid groups (broad SMARTS) is 1. The fourth-order valence-corrected chi connectivity index (χ4v) is 3.06. The quantitative estimate of drug-likeness (QED) is 0.782. The van der Waals surface area contributed by atoms with E-state index in [1.807, 2.05) is 0 Å². The van der Waals surface area contributed by atoms with Crippen LogP contribution >= 0.6 is 0 Å².